The third-order valence-corrected chi connectivity index (χ3v) is 3.86. The maximum Gasteiger partial charge on any atom is 0.273 e. The fourth-order valence-electron chi connectivity index (χ4n) is 2.43. The first-order valence-corrected chi connectivity index (χ1v) is 6.87. The van der Waals surface area contributed by atoms with E-state index in [2.05, 4.69) is 10.1 Å². The Balaban J connectivity index is 1.85. The van der Waals surface area contributed by atoms with Crippen LogP contribution in [0.2, 0.25) is 0 Å². The Hall–Kier alpha value is -1.69. The Morgan fingerprint density at radius 1 is 1.56 bits per heavy atom. The van der Waals surface area contributed by atoms with Crippen molar-refractivity contribution in [1.29, 1.82) is 0 Å². The first-order chi connectivity index (χ1) is 8.75. The van der Waals surface area contributed by atoms with Crippen molar-refractivity contribution in [2.75, 3.05) is 6.54 Å². The molecule has 1 aliphatic rings. The average Bonchev–Trinajstić information content (AvgIpc) is 3.09. The van der Waals surface area contributed by atoms with Crippen molar-refractivity contribution in [1.82, 2.24) is 19.7 Å². The predicted octanol–water partition coefficient (Wildman–Crippen LogP) is 1.85. The molecule has 6 heteroatoms. The van der Waals surface area contributed by atoms with Crippen LogP contribution in [0.5, 0.6) is 0 Å². The minimum absolute atomic E-state index is 0.0302. The summed E-state index contributed by atoms with van der Waals surface area (Å²) in [6.45, 7) is 0.802. The topological polar surface area (TPSA) is 51.0 Å². The Kier molecular flexibility index (Phi) is 2.87. The van der Waals surface area contributed by atoms with E-state index in [1.807, 2.05) is 24.3 Å². The average molecular weight is 262 g/mol. The Labute approximate surface area is 109 Å². The number of thiazole rings is 1. The summed E-state index contributed by atoms with van der Waals surface area (Å²) in [5, 5.41) is 5.99. The van der Waals surface area contributed by atoms with Crippen molar-refractivity contribution >= 4 is 17.2 Å². The van der Waals surface area contributed by atoms with Crippen LogP contribution in [-0.2, 0) is 7.05 Å². The molecule has 0 bridgehead atoms. The van der Waals surface area contributed by atoms with E-state index in [1.165, 1.54) is 11.3 Å². The number of rotatable bonds is 2. The minimum Gasteiger partial charge on any atom is -0.330 e. The largest absolute Gasteiger partial charge is 0.330 e. The molecule has 2 aromatic heterocycles. The standard InChI is InChI=1S/C12H14N4OS/c1-15-6-9(5-14-15)11-3-2-4-16(11)12(17)10-7-18-8-13-10/h5-8,11H,2-4H2,1H3. The first kappa shape index (κ1) is 11.4. The van der Waals surface area contributed by atoms with Gasteiger partial charge in [-0.1, -0.05) is 0 Å². The van der Waals surface area contributed by atoms with E-state index in [0.717, 1.165) is 24.9 Å². The summed E-state index contributed by atoms with van der Waals surface area (Å²) in [4.78, 5) is 18.4. The second kappa shape index (κ2) is 4.53. The van der Waals surface area contributed by atoms with Crippen molar-refractivity contribution in [2.24, 2.45) is 7.05 Å². The summed E-state index contributed by atoms with van der Waals surface area (Å²) in [7, 11) is 1.89. The van der Waals surface area contributed by atoms with E-state index >= 15 is 0 Å². The molecule has 0 saturated carbocycles. The van der Waals surface area contributed by atoms with Crippen molar-refractivity contribution in [3.05, 3.63) is 34.5 Å². The number of aryl methyl sites for hydroxylation is 1. The Morgan fingerprint density at radius 3 is 3.11 bits per heavy atom. The molecule has 1 amide bonds. The fourth-order valence-corrected chi connectivity index (χ4v) is 2.96. The van der Waals surface area contributed by atoms with Gasteiger partial charge in [-0.3, -0.25) is 9.48 Å². The number of aromatic nitrogens is 3. The molecule has 1 fully saturated rings. The summed E-state index contributed by atoms with van der Waals surface area (Å²) in [6, 6.07) is 0.146. The molecule has 0 N–H and O–H groups in total. The maximum atomic E-state index is 12.3. The zero-order valence-electron chi connectivity index (χ0n) is 10.1. The molecule has 0 spiro atoms. The molecule has 1 aliphatic heterocycles. The zero-order valence-corrected chi connectivity index (χ0v) is 10.9. The van der Waals surface area contributed by atoms with Gasteiger partial charge in [-0.25, -0.2) is 4.98 Å². The van der Waals surface area contributed by atoms with E-state index in [4.69, 9.17) is 0 Å². The third kappa shape index (κ3) is 1.92. The Morgan fingerprint density at radius 2 is 2.44 bits per heavy atom. The van der Waals surface area contributed by atoms with Gasteiger partial charge in [0.15, 0.2) is 0 Å². The zero-order chi connectivity index (χ0) is 12.5. The van der Waals surface area contributed by atoms with E-state index in [0.29, 0.717) is 5.69 Å². The van der Waals surface area contributed by atoms with Crippen LogP contribution in [0.3, 0.4) is 0 Å². The van der Waals surface area contributed by atoms with Gasteiger partial charge in [0.1, 0.15) is 5.69 Å². The lowest BCUT2D eigenvalue weighted by Crippen LogP contribution is -2.30. The fraction of sp³-hybridized carbons (Fsp3) is 0.417. The summed E-state index contributed by atoms with van der Waals surface area (Å²) in [6.07, 6.45) is 5.87. The molecule has 0 aromatic carbocycles. The molecule has 94 valence electrons. The van der Waals surface area contributed by atoms with E-state index in [-0.39, 0.29) is 11.9 Å². The molecule has 3 heterocycles. The van der Waals surface area contributed by atoms with Crippen LogP contribution >= 0.6 is 11.3 Å². The molecule has 18 heavy (non-hydrogen) atoms. The molecule has 0 radical (unpaired) electrons. The van der Waals surface area contributed by atoms with Crippen LogP contribution < -0.4 is 0 Å². The van der Waals surface area contributed by atoms with Crippen molar-refractivity contribution in [2.45, 2.75) is 18.9 Å². The highest BCUT2D eigenvalue weighted by Gasteiger charge is 2.31. The van der Waals surface area contributed by atoms with Crippen molar-refractivity contribution in [3.63, 3.8) is 0 Å². The van der Waals surface area contributed by atoms with Crippen LogP contribution in [0.1, 0.15) is 34.9 Å². The van der Waals surface area contributed by atoms with Gasteiger partial charge >= 0.3 is 0 Å². The summed E-state index contributed by atoms with van der Waals surface area (Å²) in [5.41, 5.74) is 3.36. The number of hydrogen-bond donors (Lipinski definition) is 0. The number of likely N-dealkylation sites (tertiary alicyclic amines) is 1. The number of amides is 1. The van der Waals surface area contributed by atoms with Crippen LogP contribution in [-0.4, -0.2) is 32.1 Å². The SMILES string of the molecule is Cn1cc(C2CCCN2C(=O)c2cscn2)cn1. The highest BCUT2D eigenvalue weighted by Crippen LogP contribution is 2.32. The second-order valence-corrected chi connectivity index (χ2v) is 5.20. The molecular weight excluding hydrogens is 248 g/mol. The molecule has 1 unspecified atom stereocenters. The van der Waals surface area contributed by atoms with Gasteiger partial charge in [-0.15, -0.1) is 11.3 Å². The summed E-state index contributed by atoms with van der Waals surface area (Å²) in [5.74, 6) is 0.0302. The van der Waals surface area contributed by atoms with Gasteiger partial charge in [0.25, 0.3) is 5.91 Å². The lowest BCUT2D eigenvalue weighted by Gasteiger charge is -2.22. The number of carbonyl (C=O) groups is 1. The Bertz CT molecular complexity index is 548. The molecule has 5 nitrogen and oxygen atoms in total. The molecular formula is C12H14N4OS. The third-order valence-electron chi connectivity index (χ3n) is 3.27. The van der Waals surface area contributed by atoms with E-state index in [1.54, 1.807) is 15.6 Å². The van der Waals surface area contributed by atoms with Gasteiger partial charge < -0.3 is 4.90 Å². The highest BCUT2D eigenvalue weighted by molar-refractivity contribution is 7.07. The van der Waals surface area contributed by atoms with Gasteiger partial charge in [-0.2, -0.15) is 5.10 Å². The lowest BCUT2D eigenvalue weighted by molar-refractivity contribution is 0.0730. The number of hydrogen-bond acceptors (Lipinski definition) is 4. The van der Waals surface area contributed by atoms with Crippen molar-refractivity contribution < 1.29 is 4.79 Å². The van der Waals surface area contributed by atoms with Crippen LogP contribution in [0.25, 0.3) is 0 Å². The molecule has 0 aliphatic carbocycles. The van der Waals surface area contributed by atoms with Gasteiger partial charge in [0.2, 0.25) is 0 Å². The summed E-state index contributed by atoms with van der Waals surface area (Å²) >= 11 is 1.45. The molecule has 1 saturated heterocycles. The summed E-state index contributed by atoms with van der Waals surface area (Å²) < 4.78 is 1.78. The van der Waals surface area contributed by atoms with E-state index < -0.39 is 0 Å². The number of carbonyl (C=O) groups excluding carboxylic acids is 1. The quantitative estimate of drug-likeness (QED) is 0.830. The van der Waals surface area contributed by atoms with Gasteiger partial charge in [-0.05, 0) is 12.8 Å². The molecule has 1 atom stereocenters. The molecule has 2 aromatic rings. The smallest absolute Gasteiger partial charge is 0.273 e. The predicted molar refractivity (Wildman–Crippen MR) is 68.3 cm³/mol. The van der Waals surface area contributed by atoms with E-state index in [9.17, 15) is 4.79 Å². The number of nitrogens with zero attached hydrogens (tertiary/aromatic N) is 4. The van der Waals surface area contributed by atoms with Crippen LogP contribution in [0.4, 0.5) is 0 Å². The maximum absolute atomic E-state index is 12.3. The monoisotopic (exact) mass is 262 g/mol. The van der Waals surface area contributed by atoms with Gasteiger partial charge in [0, 0.05) is 30.7 Å². The normalized spacial score (nSPS) is 19.4. The van der Waals surface area contributed by atoms with Crippen LogP contribution in [0, 0.1) is 0 Å². The minimum atomic E-state index is 0.0302. The second-order valence-electron chi connectivity index (χ2n) is 4.48. The first-order valence-electron chi connectivity index (χ1n) is 5.93. The lowest BCUT2D eigenvalue weighted by atomic mass is 10.1. The molecule has 3 rings (SSSR count). The van der Waals surface area contributed by atoms with Crippen molar-refractivity contribution in [3.8, 4) is 0 Å². The highest BCUT2D eigenvalue weighted by atomic mass is 32.1. The van der Waals surface area contributed by atoms with Crippen LogP contribution in [0.15, 0.2) is 23.3 Å². The van der Waals surface area contributed by atoms with Gasteiger partial charge in [0.05, 0.1) is 17.7 Å².